The number of nitrogens with one attached hydrogen (secondary N) is 1. The maximum absolute atomic E-state index is 11.4. The van der Waals surface area contributed by atoms with Crippen molar-refractivity contribution in [2.45, 2.75) is 32.4 Å². The third kappa shape index (κ3) is 3.68. The van der Waals surface area contributed by atoms with Crippen LogP contribution in [0.2, 0.25) is 0 Å². The molecule has 1 unspecified atom stereocenters. The quantitative estimate of drug-likeness (QED) is 0.692. The summed E-state index contributed by atoms with van der Waals surface area (Å²) in [6.45, 7) is 4.50. The van der Waals surface area contributed by atoms with Gasteiger partial charge in [0.05, 0.1) is 12.6 Å². The number of carbonyl (C=O) groups is 2. The van der Waals surface area contributed by atoms with Gasteiger partial charge in [-0.2, -0.15) is 0 Å². The van der Waals surface area contributed by atoms with Crippen LogP contribution < -0.4 is 11.1 Å². The maximum atomic E-state index is 11.4. The molecule has 0 aromatic heterocycles. The molecule has 0 bridgehead atoms. The van der Waals surface area contributed by atoms with Crippen molar-refractivity contribution >= 4 is 24.2 Å². The van der Waals surface area contributed by atoms with Gasteiger partial charge in [0.15, 0.2) is 0 Å². The first-order valence-electron chi connectivity index (χ1n) is 4.83. The number of hydrogen-bond acceptors (Lipinski definition) is 3. The largest absolute Gasteiger partial charge is 0.350 e. The van der Waals surface area contributed by atoms with Crippen LogP contribution >= 0.6 is 12.4 Å². The first-order valence-corrected chi connectivity index (χ1v) is 4.83. The highest BCUT2D eigenvalue weighted by atomic mass is 35.5. The third-order valence-corrected chi connectivity index (χ3v) is 2.33. The molecule has 1 atom stereocenters. The van der Waals surface area contributed by atoms with Gasteiger partial charge >= 0.3 is 0 Å². The summed E-state index contributed by atoms with van der Waals surface area (Å²) in [6, 6.07) is 0.128. The van der Waals surface area contributed by atoms with Crippen molar-refractivity contribution in [3.05, 3.63) is 0 Å². The maximum Gasteiger partial charge on any atom is 0.234 e. The zero-order chi connectivity index (χ0) is 10.7. The molecule has 1 heterocycles. The van der Waals surface area contributed by atoms with Gasteiger partial charge in [-0.15, -0.1) is 12.4 Å². The standard InChI is InChI=1S/C9H17N3O2.ClH/c1-6(2)12-5-7(3-9(12)14)11-8(13)4-10;/h6-7H,3-5,10H2,1-2H3,(H,11,13);1H. The summed E-state index contributed by atoms with van der Waals surface area (Å²) in [5.41, 5.74) is 5.17. The Kier molecular flexibility index (Phi) is 5.60. The minimum atomic E-state index is -0.201. The zero-order valence-corrected chi connectivity index (χ0v) is 9.84. The van der Waals surface area contributed by atoms with Gasteiger partial charge < -0.3 is 16.0 Å². The lowest BCUT2D eigenvalue weighted by Crippen LogP contribution is -2.41. The van der Waals surface area contributed by atoms with E-state index in [9.17, 15) is 9.59 Å². The number of rotatable bonds is 3. The number of halogens is 1. The SMILES string of the molecule is CC(C)N1CC(NC(=O)CN)CC1=O.Cl. The van der Waals surface area contributed by atoms with Gasteiger partial charge in [0.1, 0.15) is 0 Å². The van der Waals surface area contributed by atoms with E-state index in [0.29, 0.717) is 13.0 Å². The first kappa shape index (κ1) is 14.2. The topological polar surface area (TPSA) is 75.4 Å². The van der Waals surface area contributed by atoms with Gasteiger partial charge in [-0.05, 0) is 13.8 Å². The van der Waals surface area contributed by atoms with Crippen molar-refractivity contribution in [1.82, 2.24) is 10.2 Å². The minimum absolute atomic E-state index is 0. The van der Waals surface area contributed by atoms with Crippen molar-refractivity contribution in [3.63, 3.8) is 0 Å². The van der Waals surface area contributed by atoms with Crippen molar-refractivity contribution in [1.29, 1.82) is 0 Å². The Balaban J connectivity index is 0.00000196. The molecular formula is C9H18ClN3O2. The number of carbonyl (C=O) groups excluding carboxylic acids is 2. The molecule has 0 spiro atoms. The Hall–Kier alpha value is -0.810. The van der Waals surface area contributed by atoms with Crippen molar-refractivity contribution in [3.8, 4) is 0 Å². The Morgan fingerprint density at radius 3 is 2.67 bits per heavy atom. The summed E-state index contributed by atoms with van der Waals surface area (Å²) >= 11 is 0. The molecule has 0 saturated carbocycles. The molecule has 6 heteroatoms. The summed E-state index contributed by atoms with van der Waals surface area (Å²) in [5, 5.41) is 2.72. The van der Waals surface area contributed by atoms with Gasteiger partial charge in [0, 0.05) is 19.0 Å². The van der Waals surface area contributed by atoms with Crippen LogP contribution in [-0.4, -0.2) is 41.9 Å². The summed E-state index contributed by atoms with van der Waals surface area (Å²) < 4.78 is 0. The normalized spacial score (nSPS) is 20.4. The number of nitrogens with zero attached hydrogens (tertiary/aromatic N) is 1. The molecule has 1 rings (SSSR count). The predicted octanol–water partition coefficient (Wildman–Crippen LogP) is -0.508. The van der Waals surface area contributed by atoms with E-state index in [-0.39, 0.29) is 42.8 Å². The second-order valence-electron chi connectivity index (χ2n) is 3.81. The molecule has 0 aromatic carbocycles. The lowest BCUT2D eigenvalue weighted by molar-refractivity contribution is -0.129. The molecule has 1 aliphatic heterocycles. The van der Waals surface area contributed by atoms with Crippen LogP contribution in [0.25, 0.3) is 0 Å². The van der Waals surface area contributed by atoms with Crippen molar-refractivity contribution in [2.24, 2.45) is 5.73 Å². The molecule has 5 nitrogen and oxygen atoms in total. The Labute approximate surface area is 95.8 Å². The fraction of sp³-hybridized carbons (Fsp3) is 0.778. The van der Waals surface area contributed by atoms with E-state index in [1.54, 1.807) is 4.90 Å². The summed E-state index contributed by atoms with van der Waals surface area (Å²) in [6.07, 6.45) is 0.393. The van der Waals surface area contributed by atoms with Crippen LogP contribution in [0, 0.1) is 0 Å². The molecule has 0 radical (unpaired) electrons. The van der Waals surface area contributed by atoms with E-state index >= 15 is 0 Å². The second kappa shape index (κ2) is 5.92. The highest BCUT2D eigenvalue weighted by molar-refractivity contribution is 5.85. The van der Waals surface area contributed by atoms with E-state index in [0.717, 1.165) is 0 Å². The van der Waals surface area contributed by atoms with Gasteiger partial charge in [0.25, 0.3) is 0 Å². The van der Waals surface area contributed by atoms with E-state index in [4.69, 9.17) is 5.73 Å². The molecule has 3 N–H and O–H groups in total. The summed E-state index contributed by atoms with van der Waals surface area (Å²) in [4.78, 5) is 24.2. The van der Waals surface area contributed by atoms with Crippen LogP contribution in [-0.2, 0) is 9.59 Å². The fourth-order valence-electron chi connectivity index (χ4n) is 1.61. The Morgan fingerprint density at radius 2 is 2.27 bits per heavy atom. The minimum Gasteiger partial charge on any atom is -0.350 e. The highest BCUT2D eigenvalue weighted by Gasteiger charge is 2.31. The number of nitrogens with two attached hydrogens (primary N) is 1. The molecule has 1 aliphatic rings. The number of amides is 2. The Morgan fingerprint density at radius 1 is 1.67 bits per heavy atom. The molecule has 88 valence electrons. The van der Waals surface area contributed by atoms with Crippen molar-refractivity contribution in [2.75, 3.05) is 13.1 Å². The predicted molar refractivity (Wildman–Crippen MR) is 59.7 cm³/mol. The van der Waals surface area contributed by atoms with Crippen LogP contribution in [0.1, 0.15) is 20.3 Å². The smallest absolute Gasteiger partial charge is 0.234 e. The van der Waals surface area contributed by atoms with Crippen LogP contribution in [0.5, 0.6) is 0 Å². The molecule has 15 heavy (non-hydrogen) atoms. The van der Waals surface area contributed by atoms with Gasteiger partial charge in [-0.1, -0.05) is 0 Å². The lowest BCUT2D eigenvalue weighted by atomic mass is 10.2. The molecule has 0 aromatic rings. The molecule has 2 amide bonds. The summed E-state index contributed by atoms with van der Waals surface area (Å²) in [5.74, 6) is -0.101. The third-order valence-electron chi connectivity index (χ3n) is 2.33. The van der Waals surface area contributed by atoms with Gasteiger partial charge in [-0.3, -0.25) is 9.59 Å². The fourth-order valence-corrected chi connectivity index (χ4v) is 1.61. The Bertz CT molecular complexity index is 246. The first-order chi connectivity index (χ1) is 6.54. The van der Waals surface area contributed by atoms with E-state index in [1.165, 1.54) is 0 Å². The molecular weight excluding hydrogens is 218 g/mol. The summed E-state index contributed by atoms with van der Waals surface area (Å²) in [7, 11) is 0. The highest BCUT2D eigenvalue weighted by Crippen LogP contribution is 2.13. The second-order valence-corrected chi connectivity index (χ2v) is 3.81. The lowest BCUT2D eigenvalue weighted by Gasteiger charge is -2.20. The molecule has 1 saturated heterocycles. The number of hydrogen-bond donors (Lipinski definition) is 2. The molecule has 1 fully saturated rings. The van der Waals surface area contributed by atoms with Crippen LogP contribution in [0.15, 0.2) is 0 Å². The van der Waals surface area contributed by atoms with E-state index < -0.39 is 0 Å². The van der Waals surface area contributed by atoms with E-state index in [1.807, 2.05) is 13.8 Å². The van der Waals surface area contributed by atoms with Crippen LogP contribution in [0.3, 0.4) is 0 Å². The monoisotopic (exact) mass is 235 g/mol. The average Bonchev–Trinajstić information content (AvgIpc) is 2.46. The number of likely N-dealkylation sites (tertiary alicyclic amines) is 1. The van der Waals surface area contributed by atoms with Crippen LogP contribution in [0.4, 0.5) is 0 Å². The zero-order valence-electron chi connectivity index (χ0n) is 9.03. The van der Waals surface area contributed by atoms with Gasteiger partial charge in [-0.25, -0.2) is 0 Å². The molecule has 0 aliphatic carbocycles. The average molecular weight is 236 g/mol. The van der Waals surface area contributed by atoms with Crippen molar-refractivity contribution < 1.29 is 9.59 Å². The van der Waals surface area contributed by atoms with Gasteiger partial charge in [0.2, 0.25) is 11.8 Å². The van der Waals surface area contributed by atoms with E-state index in [2.05, 4.69) is 5.32 Å².